The van der Waals surface area contributed by atoms with Gasteiger partial charge in [0, 0.05) is 39.9 Å². The number of hydrogen-bond donors (Lipinski definition) is 3. The lowest BCUT2D eigenvalue weighted by Crippen LogP contribution is -2.39. The molecule has 0 saturated heterocycles. The van der Waals surface area contributed by atoms with Crippen molar-refractivity contribution >= 4 is 24.0 Å². The van der Waals surface area contributed by atoms with E-state index in [0.29, 0.717) is 24.4 Å². The van der Waals surface area contributed by atoms with E-state index in [0.717, 1.165) is 25.3 Å². The van der Waals surface area contributed by atoms with Crippen molar-refractivity contribution in [2.45, 2.75) is 58.9 Å². The summed E-state index contributed by atoms with van der Waals surface area (Å²) in [5.41, 5.74) is -0.0878. The topological polar surface area (TPSA) is 123 Å². The van der Waals surface area contributed by atoms with Gasteiger partial charge in [0.25, 0.3) is 5.91 Å². The molecule has 0 fully saturated rings. The van der Waals surface area contributed by atoms with Gasteiger partial charge in [-0.05, 0) is 50.5 Å². The van der Waals surface area contributed by atoms with Crippen LogP contribution >= 0.6 is 0 Å². The number of carbonyl (C=O) groups excluding carboxylic acids is 2. The maximum absolute atomic E-state index is 15.2. The molecule has 1 rings (SSSR count). The van der Waals surface area contributed by atoms with E-state index in [1.165, 1.54) is 0 Å². The van der Waals surface area contributed by atoms with Crippen LogP contribution in [0.3, 0.4) is 0 Å². The molecule has 188 valence electrons. The van der Waals surface area contributed by atoms with Crippen LogP contribution in [0.25, 0.3) is 0 Å². The van der Waals surface area contributed by atoms with E-state index in [4.69, 9.17) is 10.9 Å². The predicted octanol–water partition coefficient (Wildman–Crippen LogP) is 2.16. The number of imide groups is 1. The fourth-order valence-electron chi connectivity index (χ4n) is 3.78. The number of hydrogen-bond acceptors (Lipinski definition) is 8. The van der Waals surface area contributed by atoms with Crippen LogP contribution in [0.1, 0.15) is 63.2 Å². The predicted molar refractivity (Wildman–Crippen MR) is 127 cm³/mol. The Balaban J connectivity index is 3.36. The highest BCUT2D eigenvalue weighted by Gasteiger charge is 2.27. The number of anilines is 2. The molecule has 10 heteroatoms. The average Bonchev–Trinajstić information content (AvgIpc) is 2.81. The van der Waals surface area contributed by atoms with Gasteiger partial charge < -0.3 is 20.0 Å². The number of aromatic nitrogens is 1. The minimum atomic E-state index is -0.839. The Morgan fingerprint density at radius 3 is 2.39 bits per heavy atom. The van der Waals surface area contributed by atoms with Crippen molar-refractivity contribution in [2.24, 2.45) is 17.7 Å². The number of hydrazine groups is 1. The van der Waals surface area contributed by atoms with Gasteiger partial charge in [-0.2, -0.15) is 0 Å². The molecule has 3 atom stereocenters. The molecule has 0 saturated carbocycles. The second-order valence-electron chi connectivity index (χ2n) is 8.70. The van der Waals surface area contributed by atoms with Crippen molar-refractivity contribution in [3.63, 3.8) is 0 Å². The second kappa shape index (κ2) is 14.1. The molecule has 9 nitrogen and oxygen atoms in total. The fourth-order valence-corrected chi connectivity index (χ4v) is 3.78. The van der Waals surface area contributed by atoms with Gasteiger partial charge in [-0.25, -0.2) is 20.2 Å². The zero-order chi connectivity index (χ0) is 25.1. The SMILES string of the molecule is CCC(C)N(C)c1nc(N(C)C[C@@H](CCCCO)[C@H](C)CCO)c(F)cc1C(=O)N(N)C=O. The minimum Gasteiger partial charge on any atom is -0.396 e. The lowest BCUT2D eigenvalue weighted by Gasteiger charge is -2.32. The van der Waals surface area contributed by atoms with Crippen molar-refractivity contribution in [1.82, 2.24) is 9.99 Å². The van der Waals surface area contributed by atoms with E-state index < -0.39 is 11.7 Å². The summed E-state index contributed by atoms with van der Waals surface area (Å²) >= 11 is 0. The van der Waals surface area contributed by atoms with Crippen LogP contribution in [0.4, 0.5) is 16.0 Å². The van der Waals surface area contributed by atoms with Gasteiger partial charge >= 0.3 is 0 Å². The highest BCUT2D eigenvalue weighted by molar-refractivity contribution is 6.03. The van der Waals surface area contributed by atoms with Crippen LogP contribution in [0.15, 0.2) is 6.07 Å². The normalized spacial score (nSPS) is 13.8. The Morgan fingerprint density at radius 1 is 1.18 bits per heavy atom. The maximum Gasteiger partial charge on any atom is 0.278 e. The molecule has 4 N–H and O–H groups in total. The summed E-state index contributed by atoms with van der Waals surface area (Å²) < 4.78 is 15.2. The summed E-state index contributed by atoms with van der Waals surface area (Å²) in [6.07, 6.45) is 3.90. The molecule has 33 heavy (non-hydrogen) atoms. The third-order valence-electron chi connectivity index (χ3n) is 6.34. The Hall–Kier alpha value is -2.30. The van der Waals surface area contributed by atoms with Gasteiger partial charge in [-0.15, -0.1) is 0 Å². The maximum atomic E-state index is 15.2. The molecule has 0 bridgehead atoms. The summed E-state index contributed by atoms with van der Waals surface area (Å²) in [6, 6.07) is 1.09. The largest absolute Gasteiger partial charge is 0.396 e. The first-order valence-corrected chi connectivity index (χ1v) is 11.5. The summed E-state index contributed by atoms with van der Waals surface area (Å²) in [6.45, 7) is 6.67. The number of halogens is 1. The summed E-state index contributed by atoms with van der Waals surface area (Å²) in [5, 5.41) is 18.9. The quantitative estimate of drug-likeness (QED) is 0.117. The lowest BCUT2D eigenvalue weighted by molar-refractivity contribution is -0.116. The number of nitrogens with two attached hydrogens (primary N) is 1. The van der Waals surface area contributed by atoms with Crippen molar-refractivity contribution in [2.75, 3.05) is 43.7 Å². The third kappa shape index (κ3) is 7.90. The first-order valence-electron chi connectivity index (χ1n) is 11.5. The van der Waals surface area contributed by atoms with E-state index in [1.807, 2.05) is 13.8 Å². The molecule has 1 heterocycles. The molecule has 0 radical (unpaired) electrons. The van der Waals surface area contributed by atoms with Crippen LogP contribution in [0.5, 0.6) is 0 Å². The fraction of sp³-hybridized carbons (Fsp3) is 0.696. The summed E-state index contributed by atoms with van der Waals surface area (Å²) in [7, 11) is 3.50. The first kappa shape index (κ1) is 28.7. The lowest BCUT2D eigenvalue weighted by atomic mass is 9.86. The van der Waals surface area contributed by atoms with Gasteiger partial charge in [-0.3, -0.25) is 9.59 Å². The Kier molecular flexibility index (Phi) is 12.2. The molecule has 1 unspecified atom stereocenters. The Bertz CT molecular complexity index is 767. The molecular formula is C23H40FN5O4. The molecule has 1 aromatic rings. The molecular weight excluding hydrogens is 429 g/mol. The first-order chi connectivity index (χ1) is 15.6. The molecule has 0 aromatic carbocycles. The standard InChI is InChI=1S/C23H40FN5O4/c1-6-17(3)28(5)21-19(23(33)29(25)15-32)13-20(24)22(26-21)27(4)14-18(9-7-8-11-30)16(2)10-12-31/h13,15-18,30-31H,6-12,14,25H2,1-5H3/t16-,17?,18-/m1/s1. The molecule has 1 aromatic heterocycles. The molecule has 0 aliphatic rings. The second-order valence-corrected chi connectivity index (χ2v) is 8.70. The minimum absolute atomic E-state index is 0.00549. The van der Waals surface area contributed by atoms with Crippen LogP contribution < -0.4 is 15.6 Å². The number of nitrogens with zero attached hydrogens (tertiary/aromatic N) is 4. The van der Waals surface area contributed by atoms with Crippen LogP contribution in [0, 0.1) is 17.7 Å². The van der Waals surface area contributed by atoms with Gasteiger partial charge in [0.2, 0.25) is 6.41 Å². The van der Waals surface area contributed by atoms with Crippen LogP contribution in [-0.2, 0) is 4.79 Å². The van der Waals surface area contributed by atoms with Crippen molar-refractivity contribution in [1.29, 1.82) is 0 Å². The highest BCUT2D eigenvalue weighted by atomic mass is 19.1. The number of aliphatic hydroxyl groups is 2. The van der Waals surface area contributed by atoms with Gasteiger partial charge in [-0.1, -0.05) is 20.3 Å². The molecule has 0 aliphatic heterocycles. The van der Waals surface area contributed by atoms with Crippen molar-refractivity contribution < 1.29 is 24.2 Å². The number of carbonyl (C=O) groups is 2. The molecule has 0 spiro atoms. The monoisotopic (exact) mass is 469 g/mol. The van der Waals surface area contributed by atoms with Crippen LogP contribution in [0.2, 0.25) is 0 Å². The van der Waals surface area contributed by atoms with Gasteiger partial charge in [0.15, 0.2) is 11.6 Å². The Morgan fingerprint density at radius 2 is 1.85 bits per heavy atom. The summed E-state index contributed by atoms with van der Waals surface area (Å²) in [4.78, 5) is 31.6. The van der Waals surface area contributed by atoms with E-state index in [1.54, 1.807) is 23.9 Å². The summed E-state index contributed by atoms with van der Waals surface area (Å²) in [5.74, 6) is 4.62. The number of aliphatic hydroxyl groups excluding tert-OH is 2. The average molecular weight is 470 g/mol. The molecule has 2 amide bonds. The van der Waals surface area contributed by atoms with E-state index in [9.17, 15) is 14.7 Å². The van der Waals surface area contributed by atoms with Gasteiger partial charge in [0.1, 0.15) is 5.82 Å². The third-order valence-corrected chi connectivity index (χ3v) is 6.34. The van der Waals surface area contributed by atoms with E-state index >= 15 is 4.39 Å². The zero-order valence-corrected chi connectivity index (χ0v) is 20.5. The highest BCUT2D eigenvalue weighted by Crippen LogP contribution is 2.30. The molecule has 0 aliphatic carbocycles. The van der Waals surface area contributed by atoms with Gasteiger partial charge in [0.05, 0.1) is 5.56 Å². The Labute approximate surface area is 196 Å². The van der Waals surface area contributed by atoms with E-state index in [-0.39, 0.29) is 54.7 Å². The number of pyridine rings is 1. The van der Waals surface area contributed by atoms with Crippen molar-refractivity contribution in [3.8, 4) is 0 Å². The van der Waals surface area contributed by atoms with E-state index in [2.05, 4.69) is 11.9 Å². The van der Waals surface area contributed by atoms with Crippen molar-refractivity contribution in [3.05, 3.63) is 17.4 Å². The number of rotatable bonds is 15. The number of amides is 2. The number of unbranched alkanes of at least 4 members (excludes halogenated alkanes) is 1. The smallest absolute Gasteiger partial charge is 0.278 e. The zero-order valence-electron chi connectivity index (χ0n) is 20.5. The van der Waals surface area contributed by atoms with Crippen LogP contribution in [-0.4, -0.2) is 72.4 Å².